The molecule has 0 spiro atoms. The predicted molar refractivity (Wildman–Crippen MR) is 99.4 cm³/mol. The molecule has 0 saturated carbocycles. The first kappa shape index (κ1) is 18.7. The van der Waals surface area contributed by atoms with E-state index in [2.05, 4.69) is 5.32 Å². The fourth-order valence-corrected chi connectivity index (χ4v) is 3.20. The van der Waals surface area contributed by atoms with Gasteiger partial charge in [-0.15, -0.1) is 0 Å². The Hall–Kier alpha value is -3.06. The van der Waals surface area contributed by atoms with Crippen molar-refractivity contribution < 1.29 is 24.5 Å². The van der Waals surface area contributed by atoms with E-state index in [1.165, 1.54) is 4.90 Å². The van der Waals surface area contributed by atoms with E-state index in [0.29, 0.717) is 11.3 Å². The first-order valence-corrected chi connectivity index (χ1v) is 8.75. The molecule has 7 nitrogen and oxygen atoms in total. The van der Waals surface area contributed by atoms with Crippen LogP contribution in [0.3, 0.4) is 0 Å². The minimum absolute atomic E-state index is 0.146. The lowest BCUT2D eigenvalue weighted by Crippen LogP contribution is -2.45. The minimum atomic E-state index is -1.20. The van der Waals surface area contributed by atoms with Crippen LogP contribution in [0.2, 0.25) is 0 Å². The Morgan fingerprint density at radius 2 is 1.67 bits per heavy atom. The van der Waals surface area contributed by atoms with E-state index < -0.39 is 17.8 Å². The van der Waals surface area contributed by atoms with Crippen LogP contribution in [0.5, 0.6) is 0 Å². The van der Waals surface area contributed by atoms with E-state index in [1.54, 1.807) is 24.3 Å². The van der Waals surface area contributed by atoms with Gasteiger partial charge in [-0.2, -0.15) is 0 Å². The van der Waals surface area contributed by atoms with E-state index in [0.717, 1.165) is 5.56 Å². The Kier molecular flexibility index (Phi) is 5.61. The maximum atomic E-state index is 12.2. The number of anilines is 1. The Balaban J connectivity index is 1.67. The maximum absolute atomic E-state index is 12.2. The summed E-state index contributed by atoms with van der Waals surface area (Å²) in [5.74, 6) is 0. The molecule has 2 amide bonds. The molecule has 1 heterocycles. The van der Waals surface area contributed by atoms with Crippen LogP contribution in [0.1, 0.15) is 24.0 Å². The summed E-state index contributed by atoms with van der Waals surface area (Å²) in [4.78, 5) is 24.5. The third-order valence-electron chi connectivity index (χ3n) is 4.74. The smallest absolute Gasteiger partial charge is 0.411 e. The van der Waals surface area contributed by atoms with E-state index in [9.17, 15) is 14.7 Å². The van der Waals surface area contributed by atoms with Gasteiger partial charge in [0.1, 0.15) is 6.61 Å². The lowest BCUT2D eigenvalue weighted by atomic mass is 9.83. The molecular weight excluding hydrogens is 348 g/mol. The summed E-state index contributed by atoms with van der Waals surface area (Å²) in [5, 5.41) is 22.8. The summed E-state index contributed by atoms with van der Waals surface area (Å²) in [7, 11) is 0. The van der Waals surface area contributed by atoms with Crippen LogP contribution >= 0.6 is 0 Å². The molecule has 0 bridgehead atoms. The average Bonchev–Trinajstić information content (AvgIpc) is 2.68. The van der Waals surface area contributed by atoms with Crippen LogP contribution in [0, 0.1) is 0 Å². The van der Waals surface area contributed by atoms with Crippen LogP contribution in [-0.4, -0.2) is 40.4 Å². The van der Waals surface area contributed by atoms with Gasteiger partial charge in [0, 0.05) is 18.7 Å². The Morgan fingerprint density at radius 3 is 2.33 bits per heavy atom. The third-order valence-corrected chi connectivity index (χ3v) is 4.74. The second-order valence-electron chi connectivity index (χ2n) is 6.53. The van der Waals surface area contributed by atoms with E-state index in [4.69, 9.17) is 9.84 Å². The molecule has 7 heteroatoms. The molecular formula is C20H22N2O5. The van der Waals surface area contributed by atoms with Crippen LogP contribution < -0.4 is 5.32 Å². The van der Waals surface area contributed by atoms with Gasteiger partial charge in [-0.25, -0.2) is 9.59 Å². The van der Waals surface area contributed by atoms with Gasteiger partial charge in [-0.1, -0.05) is 48.5 Å². The molecule has 0 unspecified atom stereocenters. The van der Waals surface area contributed by atoms with Crippen molar-refractivity contribution in [2.75, 3.05) is 18.4 Å². The molecule has 2 aromatic rings. The van der Waals surface area contributed by atoms with Gasteiger partial charge in [0.05, 0.1) is 11.3 Å². The number of ether oxygens (including phenoxy) is 1. The summed E-state index contributed by atoms with van der Waals surface area (Å²) < 4.78 is 5.24. The zero-order valence-corrected chi connectivity index (χ0v) is 14.8. The number of nitrogens with one attached hydrogen (secondary N) is 1. The molecule has 27 heavy (non-hydrogen) atoms. The fraction of sp³-hybridized carbons (Fsp3) is 0.300. The molecule has 1 saturated heterocycles. The summed E-state index contributed by atoms with van der Waals surface area (Å²) >= 11 is 0. The first-order valence-electron chi connectivity index (χ1n) is 8.75. The van der Waals surface area contributed by atoms with Crippen LogP contribution in [0.4, 0.5) is 15.3 Å². The zero-order chi connectivity index (χ0) is 19.3. The van der Waals surface area contributed by atoms with Gasteiger partial charge in [-0.3, -0.25) is 5.32 Å². The topological polar surface area (TPSA) is 99.1 Å². The van der Waals surface area contributed by atoms with Crippen LogP contribution in [0.25, 0.3) is 0 Å². The van der Waals surface area contributed by atoms with Gasteiger partial charge in [0.25, 0.3) is 0 Å². The summed E-state index contributed by atoms with van der Waals surface area (Å²) in [6.07, 6.45) is -1.08. The fourth-order valence-electron chi connectivity index (χ4n) is 3.20. The van der Waals surface area contributed by atoms with Gasteiger partial charge in [0.2, 0.25) is 0 Å². The molecule has 1 fully saturated rings. The number of rotatable bonds is 4. The second kappa shape index (κ2) is 8.09. The first-order chi connectivity index (χ1) is 13.0. The minimum Gasteiger partial charge on any atom is -0.465 e. The molecule has 142 valence electrons. The lowest BCUT2D eigenvalue weighted by Gasteiger charge is -2.38. The van der Waals surface area contributed by atoms with E-state index in [-0.39, 0.29) is 32.5 Å². The second-order valence-corrected chi connectivity index (χ2v) is 6.53. The number of amides is 2. The van der Waals surface area contributed by atoms with E-state index in [1.807, 2.05) is 30.3 Å². The maximum Gasteiger partial charge on any atom is 0.411 e. The molecule has 1 aliphatic rings. The number of carbonyl (C=O) groups excluding carboxylic acids is 1. The number of aliphatic hydroxyl groups is 1. The number of para-hydroxylation sites is 1. The van der Waals surface area contributed by atoms with Crippen molar-refractivity contribution in [3.63, 3.8) is 0 Å². The molecule has 0 radical (unpaired) electrons. The number of benzene rings is 2. The highest BCUT2D eigenvalue weighted by Crippen LogP contribution is 2.37. The molecule has 2 aromatic carbocycles. The molecule has 0 aliphatic carbocycles. The zero-order valence-electron chi connectivity index (χ0n) is 14.8. The van der Waals surface area contributed by atoms with E-state index >= 15 is 0 Å². The number of likely N-dealkylation sites (tertiary alicyclic amines) is 1. The molecule has 3 rings (SSSR count). The van der Waals surface area contributed by atoms with Gasteiger partial charge >= 0.3 is 12.2 Å². The van der Waals surface area contributed by atoms with Gasteiger partial charge in [0.15, 0.2) is 0 Å². The van der Waals surface area contributed by atoms with Crippen molar-refractivity contribution in [3.8, 4) is 0 Å². The van der Waals surface area contributed by atoms with Crippen molar-refractivity contribution in [2.45, 2.75) is 25.0 Å². The Bertz CT molecular complexity index is 801. The summed E-state index contributed by atoms with van der Waals surface area (Å²) in [6, 6.07) is 16.3. The highest BCUT2D eigenvalue weighted by molar-refractivity contribution is 5.86. The summed E-state index contributed by atoms with van der Waals surface area (Å²) in [5.41, 5.74) is 0.698. The van der Waals surface area contributed by atoms with Crippen molar-refractivity contribution >= 4 is 17.9 Å². The number of nitrogens with zero attached hydrogens (tertiary/aromatic N) is 1. The number of piperidine rings is 1. The van der Waals surface area contributed by atoms with Crippen molar-refractivity contribution in [1.29, 1.82) is 0 Å². The highest BCUT2D eigenvalue weighted by atomic mass is 16.5. The number of carboxylic acid groups (broad SMARTS) is 1. The Morgan fingerprint density at radius 1 is 1.04 bits per heavy atom. The SMILES string of the molecule is O=C(Nc1ccccc1C1(O)CCN(C(=O)O)CC1)OCc1ccccc1. The molecule has 0 aromatic heterocycles. The summed E-state index contributed by atoms with van der Waals surface area (Å²) in [6.45, 7) is 0.615. The number of carbonyl (C=O) groups is 2. The number of hydrogen-bond acceptors (Lipinski definition) is 4. The lowest BCUT2D eigenvalue weighted by molar-refractivity contribution is -0.0207. The molecule has 3 N–H and O–H groups in total. The quantitative estimate of drug-likeness (QED) is 0.766. The van der Waals surface area contributed by atoms with Crippen LogP contribution in [-0.2, 0) is 16.9 Å². The van der Waals surface area contributed by atoms with Gasteiger partial charge < -0.3 is 19.8 Å². The van der Waals surface area contributed by atoms with Crippen molar-refractivity contribution in [2.24, 2.45) is 0 Å². The predicted octanol–water partition coefficient (Wildman–Crippen LogP) is 3.40. The monoisotopic (exact) mass is 370 g/mol. The average molecular weight is 370 g/mol. The highest BCUT2D eigenvalue weighted by Gasteiger charge is 2.37. The van der Waals surface area contributed by atoms with Crippen molar-refractivity contribution in [3.05, 3.63) is 65.7 Å². The Labute approximate surface area is 157 Å². The standard InChI is InChI=1S/C20H22N2O5/c23-18(27-14-15-6-2-1-3-7-15)21-17-9-5-4-8-16(17)20(26)10-12-22(13-11-20)19(24)25/h1-9,26H,10-14H2,(H,21,23)(H,24,25). The number of hydrogen-bond donors (Lipinski definition) is 3. The molecule has 0 atom stereocenters. The normalized spacial score (nSPS) is 15.8. The van der Waals surface area contributed by atoms with Gasteiger partial charge in [-0.05, 0) is 24.5 Å². The molecule has 1 aliphatic heterocycles. The van der Waals surface area contributed by atoms with Crippen molar-refractivity contribution in [1.82, 2.24) is 4.90 Å². The van der Waals surface area contributed by atoms with Crippen LogP contribution in [0.15, 0.2) is 54.6 Å². The largest absolute Gasteiger partial charge is 0.465 e. The third kappa shape index (κ3) is 4.57.